The van der Waals surface area contributed by atoms with Crippen LogP contribution in [0.4, 0.5) is 13.2 Å². The first-order chi connectivity index (χ1) is 6.19. The molecule has 0 aliphatic rings. The lowest BCUT2D eigenvalue weighted by atomic mass is 9.94. The third kappa shape index (κ3) is 5.03. The fourth-order valence-corrected chi connectivity index (χ4v) is 0.683. The van der Waals surface area contributed by atoms with Gasteiger partial charge in [0.2, 0.25) is 5.91 Å². The van der Waals surface area contributed by atoms with Gasteiger partial charge in [-0.15, -0.1) is 0 Å². The molecule has 0 atom stereocenters. The van der Waals surface area contributed by atoms with Crippen molar-refractivity contribution in [2.75, 3.05) is 13.2 Å². The largest absolute Gasteiger partial charge is 0.411 e. The molecule has 7 heteroatoms. The Hall–Kier alpha value is -0.820. The lowest BCUT2D eigenvalue weighted by Crippen LogP contribution is -2.43. The smallest absolute Gasteiger partial charge is 0.371 e. The van der Waals surface area contributed by atoms with Gasteiger partial charge in [-0.3, -0.25) is 10.2 Å². The van der Waals surface area contributed by atoms with Crippen molar-refractivity contribution in [2.45, 2.75) is 20.0 Å². The summed E-state index contributed by atoms with van der Waals surface area (Å²) in [5, 5.41) is 0. The van der Waals surface area contributed by atoms with Gasteiger partial charge < -0.3 is 4.74 Å². The summed E-state index contributed by atoms with van der Waals surface area (Å²) < 4.78 is 39.3. The number of amides is 1. The van der Waals surface area contributed by atoms with Crippen molar-refractivity contribution in [3.05, 3.63) is 0 Å². The molecule has 0 heterocycles. The average molecular weight is 214 g/mol. The zero-order valence-electron chi connectivity index (χ0n) is 7.94. The minimum absolute atomic E-state index is 0.338. The van der Waals surface area contributed by atoms with E-state index in [0.29, 0.717) is 0 Å². The summed E-state index contributed by atoms with van der Waals surface area (Å²) in [5.74, 6) is 4.27. The summed E-state index contributed by atoms with van der Waals surface area (Å²) in [6, 6.07) is 0. The Labute approximate surface area is 79.6 Å². The van der Waals surface area contributed by atoms with Crippen molar-refractivity contribution >= 4 is 5.91 Å². The highest BCUT2D eigenvalue weighted by Gasteiger charge is 2.32. The third-order valence-corrected chi connectivity index (χ3v) is 1.47. The molecule has 0 aromatic carbocycles. The molecule has 0 saturated carbocycles. The molecule has 84 valence electrons. The highest BCUT2D eigenvalue weighted by molar-refractivity contribution is 5.81. The summed E-state index contributed by atoms with van der Waals surface area (Å²) in [4.78, 5) is 11.0. The molecule has 0 aromatic rings. The normalized spacial score (nSPS) is 12.7. The maximum atomic E-state index is 11.7. The molecule has 3 N–H and O–H groups in total. The van der Waals surface area contributed by atoms with Crippen molar-refractivity contribution in [3.8, 4) is 0 Å². The highest BCUT2D eigenvalue weighted by Crippen LogP contribution is 2.19. The van der Waals surface area contributed by atoms with Gasteiger partial charge in [0, 0.05) is 0 Å². The molecule has 0 bridgehead atoms. The minimum atomic E-state index is -4.38. The van der Waals surface area contributed by atoms with Crippen molar-refractivity contribution in [3.63, 3.8) is 0 Å². The van der Waals surface area contributed by atoms with E-state index in [0.717, 1.165) is 0 Å². The van der Waals surface area contributed by atoms with Crippen LogP contribution in [0.5, 0.6) is 0 Å². The van der Waals surface area contributed by atoms with E-state index in [1.165, 1.54) is 13.8 Å². The number of nitrogens with one attached hydrogen (secondary N) is 1. The minimum Gasteiger partial charge on any atom is -0.371 e. The van der Waals surface area contributed by atoms with Gasteiger partial charge >= 0.3 is 6.18 Å². The van der Waals surface area contributed by atoms with Gasteiger partial charge in [-0.1, -0.05) is 0 Å². The Morgan fingerprint density at radius 1 is 1.36 bits per heavy atom. The van der Waals surface area contributed by atoms with Crippen LogP contribution >= 0.6 is 0 Å². The van der Waals surface area contributed by atoms with Crippen LogP contribution in [0, 0.1) is 5.41 Å². The second kappa shape index (κ2) is 4.61. The monoisotopic (exact) mass is 214 g/mol. The molecule has 0 spiro atoms. The van der Waals surface area contributed by atoms with E-state index >= 15 is 0 Å². The van der Waals surface area contributed by atoms with E-state index in [2.05, 4.69) is 4.74 Å². The van der Waals surface area contributed by atoms with E-state index in [1.54, 1.807) is 0 Å². The fraction of sp³-hybridized carbons (Fsp3) is 0.857. The second-order valence-corrected chi connectivity index (χ2v) is 3.47. The maximum Gasteiger partial charge on any atom is 0.411 e. The molecule has 0 fully saturated rings. The topological polar surface area (TPSA) is 64.3 Å². The SMILES string of the molecule is CC(C)(COCC(F)(F)F)C(=O)NN. The number of hydrogen-bond acceptors (Lipinski definition) is 3. The van der Waals surface area contributed by atoms with Gasteiger partial charge in [-0.25, -0.2) is 5.84 Å². The Morgan fingerprint density at radius 2 is 1.86 bits per heavy atom. The first-order valence-electron chi connectivity index (χ1n) is 3.84. The summed E-state index contributed by atoms with van der Waals surface area (Å²) in [6.45, 7) is 1.17. The summed E-state index contributed by atoms with van der Waals surface area (Å²) in [7, 11) is 0. The van der Waals surface area contributed by atoms with Crippen LogP contribution in [-0.2, 0) is 9.53 Å². The zero-order valence-corrected chi connectivity index (χ0v) is 7.94. The van der Waals surface area contributed by atoms with Crippen molar-refractivity contribution < 1.29 is 22.7 Å². The van der Waals surface area contributed by atoms with Gasteiger partial charge in [0.15, 0.2) is 0 Å². The van der Waals surface area contributed by atoms with Crippen molar-refractivity contribution in [1.82, 2.24) is 5.43 Å². The molecule has 14 heavy (non-hydrogen) atoms. The molecular weight excluding hydrogens is 201 g/mol. The predicted octanol–water partition coefficient (Wildman–Crippen LogP) is 0.581. The number of hydrogen-bond donors (Lipinski definition) is 2. The van der Waals surface area contributed by atoms with Crippen LogP contribution in [0.3, 0.4) is 0 Å². The van der Waals surface area contributed by atoms with E-state index in [-0.39, 0.29) is 6.61 Å². The molecule has 4 nitrogen and oxygen atoms in total. The van der Waals surface area contributed by atoms with E-state index in [4.69, 9.17) is 5.84 Å². The molecule has 0 aliphatic heterocycles. The maximum absolute atomic E-state index is 11.7. The van der Waals surface area contributed by atoms with E-state index in [1.807, 2.05) is 5.43 Å². The number of nitrogens with two attached hydrogens (primary N) is 1. The van der Waals surface area contributed by atoms with Crippen LogP contribution < -0.4 is 11.3 Å². The molecule has 0 unspecified atom stereocenters. The molecule has 0 rings (SSSR count). The van der Waals surface area contributed by atoms with Gasteiger partial charge in [-0.05, 0) is 13.8 Å². The van der Waals surface area contributed by atoms with Crippen molar-refractivity contribution in [2.24, 2.45) is 11.3 Å². The summed E-state index contributed by atoms with van der Waals surface area (Å²) >= 11 is 0. The lowest BCUT2D eigenvalue weighted by Gasteiger charge is -2.22. The number of carbonyl (C=O) groups excluding carboxylic acids is 1. The van der Waals surface area contributed by atoms with Gasteiger partial charge in [0.1, 0.15) is 6.61 Å². The lowest BCUT2D eigenvalue weighted by molar-refractivity contribution is -0.181. The summed E-state index contributed by atoms with van der Waals surface area (Å²) in [6.07, 6.45) is -4.38. The molecular formula is C7H13F3N2O2. The Morgan fingerprint density at radius 3 is 2.21 bits per heavy atom. The number of ether oxygens (including phenoxy) is 1. The number of carbonyl (C=O) groups is 1. The van der Waals surface area contributed by atoms with Crippen LogP contribution in [0.15, 0.2) is 0 Å². The zero-order chi connectivity index (χ0) is 11.4. The molecule has 1 amide bonds. The number of alkyl halides is 3. The van der Waals surface area contributed by atoms with Crippen LogP contribution in [-0.4, -0.2) is 25.3 Å². The highest BCUT2D eigenvalue weighted by atomic mass is 19.4. The molecule has 0 aliphatic carbocycles. The second-order valence-electron chi connectivity index (χ2n) is 3.47. The predicted molar refractivity (Wildman–Crippen MR) is 43.0 cm³/mol. The standard InChI is InChI=1S/C7H13F3N2O2/c1-6(2,5(13)12-11)3-14-4-7(8,9)10/h3-4,11H2,1-2H3,(H,12,13). The first-order valence-corrected chi connectivity index (χ1v) is 3.84. The Bertz CT molecular complexity index is 204. The third-order valence-electron chi connectivity index (χ3n) is 1.47. The Balaban J connectivity index is 3.94. The number of rotatable bonds is 4. The van der Waals surface area contributed by atoms with E-state index in [9.17, 15) is 18.0 Å². The van der Waals surface area contributed by atoms with Crippen molar-refractivity contribution in [1.29, 1.82) is 0 Å². The van der Waals surface area contributed by atoms with Gasteiger partial charge in [0.25, 0.3) is 0 Å². The molecule has 0 aromatic heterocycles. The van der Waals surface area contributed by atoms with Gasteiger partial charge in [-0.2, -0.15) is 13.2 Å². The summed E-state index contributed by atoms with van der Waals surface area (Å²) in [5.41, 5.74) is 0.783. The van der Waals surface area contributed by atoms with E-state index < -0.39 is 24.1 Å². The van der Waals surface area contributed by atoms with Crippen LogP contribution in [0.1, 0.15) is 13.8 Å². The quantitative estimate of drug-likeness (QED) is 0.409. The van der Waals surface area contributed by atoms with Crippen LogP contribution in [0.25, 0.3) is 0 Å². The fourth-order valence-electron chi connectivity index (χ4n) is 0.683. The number of halogens is 3. The molecule has 0 saturated heterocycles. The first kappa shape index (κ1) is 13.2. The average Bonchev–Trinajstić information content (AvgIpc) is 2.00. The molecule has 0 radical (unpaired) electrons. The van der Waals surface area contributed by atoms with Crippen LogP contribution in [0.2, 0.25) is 0 Å². The number of hydrazine groups is 1. The Kier molecular flexibility index (Phi) is 4.34. The van der Waals surface area contributed by atoms with Gasteiger partial charge in [0.05, 0.1) is 12.0 Å².